The zero-order valence-electron chi connectivity index (χ0n) is 22.7. The van der Waals surface area contributed by atoms with Crippen LogP contribution >= 0.6 is 0 Å². The van der Waals surface area contributed by atoms with Gasteiger partial charge in [0.1, 0.15) is 23.9 Å². The predicted octanol–water partition coefficient (Wildman–Crippen LogP) is 7.13. The fourth-order valence-corrected chi connectivity index (χ4v) is 6.49. The van der Waals surface area contributed by atoms with E-state index >= 15 is 0 Å². The smallest absolute Gasteiger partial charge is 0.311 e. The van der Waals surface area contributed by atoms with E-state index in [2.05, 4.69) is 13.8 Å². The molecule has 0 aliphatic heterocycles. The van der Waals surface area contributed by atoms with Crippen molar-refractivity contribution in [3.8, 4) is 0 Å². The van der Waals surface area contributed by atoms with Crippen LogP contribution in [-0.4, -0.2) is 35.8 Å². The number of hydrogen-bond acceptors (Lipinski definition) is 4. The molecule has 0 aliphatic carbocycles. The molecule has 0 aromatic carbocycles. The van der Waals surface area contributed by atoms with Gasteiger partial charge in [0, 0.05) is 0 Å². The summed E-state index contributed by atoms with van der Waals surface area (Å²) < 4.78 is 5.13. The second-order valence-electron chi connectivity index (χ2n) is 9.86. The minimum atomic E-state index is -1.36. The molecule has 0 rings (SSSR count). The number of carboxylic acids is 1. The lowest BCUT2D eigenvalue weighted by atomic mass is 10.1. The summed E-state index contributed by atoms with van der Waals surface area (Å²) in [6.45, 7) is 4.88. The van der Waals surface area contributed by atoms with E-state index in [0.29, 0.717) is 6.61 Å². The number of carbonyl (C=O) groups is 2. The number of unbranched alkanes of at least 4 members (excludes halogenated alkanes) is 18. The molecule has 0 bridgehead atoms. The fraction of sp³-hybridized carbons (Fsp3) is 0.931. The van der Waals surface area contributed by atoms with Gasteiger partial charge in [-0.25, -0.2) is 0 Å². The van der Waals surface area contributed by atoms with Crippen molar-refractivity contribution in [3.05, 3.63) is 0 Å². The summed E-state index contributed by atoms with van der Waals surface area (Å²) >= 11 is 0. The molecule has 0 heterocycles. The third kappa shape index (κ3) is 25.9. The second kappa shape index (κ2) is 26.9. The monoisotopic (exact) mass is 500 g/mol. The van der Waals surface area contributed by atoms with Gasteiger partial charge in [0.15, 0.2) is 0 Å². The highest BCUT2D eigenvalue weighted by molar-refractivity contribution is 7.96. The van der Waals surface area contributed by atoms with Crippen LogP contribution in [0.25, 0.3) is 0 Å². The highest BCUT2D eigenvalue weighted by atomic mass is 32.2. The molecule has 0 unspecified atom stereocenters. The standard InChI is InChI=1S/C29H56O4S/c1-3-5-7-9-11-13-15-17-19-21-24-34(26-23-33-29(32)27-28(30)31)25-22-20-18-16-14-12-10-8-6-4-2/h3-27H2,1-2H3. The minimum Gasteiger partial charge on any atom is -0.550 e. The lowest BCUT2D eigenvalue weighted by molar-refractivity contribution is -0.305. The first kappa shape index (κ1) is 33.3. The van der Waals surface area contributed by atoms with Crippen molar-refractivity contribution in [1.29, 1.82) is 0 Å². The van der Waals surface area contributed by atoms with Crippen LogP contribution in [0.1, 0.15) is 149 Å². The molecule has 0 aromatic heterocycles. The van der Waals surface area contributed by atoms with Crippen LogP contribution in [-0.2, 0) is 25.2 Å². The molecule has 0 atom stereocenters. The normalized spacial score (nSPS) is 11.3. The molecular formula is C29H56O4S. The zero-order chi connectivity index (χ0) is 25.1. The Kier molecular flexibility index (Phi) is 26.3. The fourth-order valence-electron chi connectivity index (χ4n) is 4.34. The van der Waals surface area contributed by atoms with Crippen LogP contribution in [0.15, 0.2) is 0 Å². The van der Waals surface area contributed by atoms with Crippen LogP contribution in [0, 0.1) is 0 Å². The lowest BCUT2D eigenvalue weighted by Gasteiger charge is -2.10. The second-order valence-corrected chi connectivity index (χ2v) is 12.3. The van der Waals surface area contributed by atoms with Crippen molar-refractivity contribution < 1.29 is 19.4 Å². The van der Waals surface area contributed by atoms with Crippen LogP contribution < -0.4 is 5.11 Å². The number of esters is 1. The van der Waals surface area contributed by atoms with Gasteiger partial charge < -0.3 is 14.6 Å². The van der Waals surface area contributed by atoms with Gasteiger partial charge in [0.05, 0.1) is 12.4 Å². The van der Waals surface area contributed by atoms with E-state index < -0.39 is 18.4 Å². The number of hydrogen-bond donors (Lipinski definition) is 0. The molecule has 34 heavy (non-hydrogen) atoms. The van der Waals surface area contributed by atoms with Gasteiger partial charge in [-0.3, -0.25) is 4.79 Å². The lowest BCUT2D eigenvalue weighted by Crippen LogP contribution is -2.27. The first-order valence-electron chi connectivity index (χ1n) is 14.6. The zero-order valence-corrected chi connectivity index (χ0v) is 23.5. The Morgan fingerprint density at radius 1 is 0.559 bits per heavy atom. The summed E-state index contributed by atoms with van der Waals surface area (Å²) in [5, 5.41) is 10.5. The summed E-state index contributed by atoms with van der Waals surface area (Å²) in [6, 6.07) is 0. The Morgan fingerprint density at radius 2 is 0.912 bits per heavy atom. The first-order valence-corrected chi connectivity index (χ1v) is 16.3. The van der Waals surface area contributed by atoms with Gasteiger partial charge in [-0.05, 0) is 36.6 Å². The van der Waals surface area contributed by atoms with Crippen LogP contribution in [0.2, 0.25) is 0 Å². The molecule has 0 fully saturated rings. The van der Waals surface area contributed by atoms with E-state index in [-0.39, 0.29) is 10.9 Å². The molecule has 4 nitrogen and oxygen atoms in total. The van der Waals surface area contributed by atoms with Gasteiger partial charge in [-0.1, -0.05) is 117 Å². The maximum Gasteiger partial charge on any atom is 0.311 e. The Labute approximate surface area is 214 Å². The topological polar surface area (TPSA) is 66.4 Å². The average molecular weight is 501 g/mol. The summed E-state index contributed by atoms with van der Waals surface area (Å²) in [6.07, 6.45) is 26.4. The molecule has 202 valence electrons. The average Bonchev–Trinajstić information content (AvgIpc) is 2.80. The molecule has 0 amide bonds. The molecule has 0 saturated carbocycles. The Hall–Kier alpha value is -0.710. The quantitative estimate of drug-likeness (QED) is 0.0521. The van der Waals surface area contributed by atoms with Crippen molar-refractivity contribution in [1.82, 2.24) is 0 Å². The molecule has 0 aliphatic rings. The maximum absolute atomic E-state index is 11.5. The number of carboxylic acid groups (broad SMARTS) is 1. The first-order chi connectivity index (χ1) is 16.6. The third-order valence-corrected chi connectivity index (χ3v) is 8.97. The van der Waals surface area contributed by atoms with Crippen LogP contribution in [0.5, 0.6) is 0 Å². The molecule has 0 N–H and O–H groups in total. The van der Waals surface area contributed by atoms with E-state index in [4.69, 9.17) is 4.74 Å². The Bertz CT molecular complexity index is 431. The number of aliphatic carboxylic acids is 1. The largest absolute Gasteiger partial charge is 0.550 e. The maximum atomic E-state index is 11.5. The van der Waals surface area contributed by atoms with Crippen molar-refractivity contribution in [2.24, 2.45) is 0 Å². The highest BCUT2D eigenvalue weighted by Crippen LogP contribution is 2.14. The van der Waals surface area contributed by atoms with Gasteiger partial charge in [-0.15, -0.1) is 0 Å². The molecule has 0 radical (unpaired) electrons. The van der Waals surface area contributed by atoms with Crippen molar-refractivity contribution in [3.63, 3.8) is 0 Å². The molecule has 5 heteroatoms. The molecule has 0 spiro atoms. The van der Waals surface area contributed by atoms with Crippen molar-refractivity contribution in [2.45, 2.75) is 149 Å². The number of carbonyl (C=O) groups excluding carboxylic acids is 2. The van der Waals surface area contributed by atoms with Gasteiger partial charge in [0.25, 0.3) is 0 Å². The van der Waals surface area contributed by atoms with Gasteiger partial charge in [-0.2, -0.15) is 0 Å². The molecule has 0 saturated heterocycles. The number of rotatable bonds is 27. The molecule has 0 aromatic rings. The Morgan fingerprint density at radius 3 is 1.26 bits per heavy atom. The van der Waals surface area contributed by atoms with Crippen LogP contribution in [0.4, 0.5) is 0 Å². The van der Waals surface area contributed by atoms with Crippen molar-refractivity contribution >= 4 is 22.8 Å². The van der Waals surface area contributed by atoms with Gasteiger partial charge in [0.2, 0.25) is 0 Å². The van der Waals surface area contributed by atoms with E-state index in [1.807, 2.05) is 0 Å². The predicted molar refractivity (Wildman–Crippen MR) is 146 cm³/mol. The van der Waals surface area contributed by atoms with E-state index in [9.17, 15) is 14.7 Å². The van der Waals surface area contributed by atoms with Gasteiger partial charge >= 0.3 is 5.97 Å². The SMILES string of the molecule is CCCCCCCCCCCC[S+](CCCCCCCCCCCC)CCOC(=O)CC(=O)[O-]. The van der Waals surface area contributed by atoms with E-state index in [1.165, 1.54) is 140 Å². The number of ether oxygens (including phenoxy) is 1. The van der Waals surface area contributed by atoms with Crippen LogP contribution in [0.3, 0.4) is 0 Å². The highest BCUT2D eigenvalue weighted by Gasteiger charge is 2.18. The third-order valence-electron chi connectivity index (χ3n) is 6.50. The minimum absolute atomic E-state index is 0.281. The Balaban J connectivity index is 3.95. The summed E-state index contributed by atoms with van der Waals surface area (Å²) in [4.78, 5) is 22.0. The van der Waals surface area contributed by atoms with Crippen molar-refractivity contribution in [2.75, 3.05) is 23.9 Å². The van der Waals surface area contributed by atoms with E-state index in [1.54, 1.807) is 0 Å². The summed E-state index contributed by atoms with van der Waals surface area (Å²) in [5.41, 5.74) is 0. The van der Waals surface area contributed by atoms with E-state index in [0.717, 1.165) is 5.75 Å². The summed E-state index contributed by atoms with van der Waals surface area (Å²) in [5.74, 6) is 1.31. The molecular weight excluding hydrogens is 444 g/mol. The summed E-state index contributed by atoms with van der Waals surface area (Å²) in [7, 11) is 0.281.